The molecule has 1 saturated heterocycles. The topological polar surface area (TPSA) is 15.3 Å². The molecule has 0 amide bonds. The Morgan fingerprint density at radius 1 is 1.33 bits per heavy atom. The average molecular weight is 264 g/mol. The number of rotatable bonds is 2. The van der Waals surface area contributed by atoms with E-state index in [1.807, 2.05) is 11.3 Å². The van der Waals surface area contributed by atoms with Crippen LogP contribution in [-0.4, -0.2) is 30.1 Å². The van der Waals surface area contributed by atoms with Crippen molar-refractivity contribution in [2.75, 3.05) is 19.6 Å². The summed E-state index contributed by atoms with van der Waals surface area (Å²) in [5, 5.41) is 6.07. The van der Waals surface area contributed by atoms with Crippen molar-refractivity contribution in [1.82, 2.24) is 10.2 Å². The molecular formula is C15H24N2S. The molecule has 1 aliphatic heterocycles. The van der Waals surface area contributed by atoms with Gasteiger partial charge in [0, 0.05) is 23.5 Å². The summed E-state index contributed by atoms with van der Waals surface area (Å²) < 4.78 is 0. The van der Waals surface area contributed by atoms with Crippen LogP contribution in [0.2, 0.25) is 0 Å². The quantitative estimate of drug-likeness (QED) is 0.882. The van der Waals surface area contributed by atoms with Gasteiger partial charge in [0.2, 0.25) is 0 Å². The highest BCUT2D eigenvalue weighted by atomic mass is 32.1. The van der Waals surface area contributed by atoms with E-state index in [-0.39, 0.29) is 0 Å². The van der Waals surface area contributed by atoms with Crippen molar-refractivity contribution in [1.29, 1.82) is 0 Å². The van der Waals surface area contributed by atoms with E-state index in [9.17, 15) is 0 Å². The molecule has 1 spiro atoms. The first-order chi connectivity index (χ1) is 8.77. The van der Waals surface area contributed by atoms with E-state index >= 15 is 0 Å². The third kappa shape index (κ3) is 2.63. The molecule has 2 nitrogen and oxygen atoms in total. The Hall–Kier alpha value is -0.380. The van der Waals surface area contributed by atoms with Crippen LogP contribution in [0.5, 0.6) is 0 Å². The summed E-state index contributed by atoms with van der Waals surface area (Å²) in [6.45, 7) is 7.12. The summed E-state index contributed by atoms with van der Waals surface area (Å²) in [5.41, 5.74) is 1.92. The molecule has 1 saturated carbocycles. The first-order valence-electron chi connectivity index (χ1n) is 7.28. The van der Waals surface area contributed by atoms with Gasteiger partial charge in [0.1, 0.15) is 0 Å². The smallest absolute Gasteiger partial charge is 0.0331 e. The first-order valence-corrected chi connectivity index (χ1v) is 8.16. The fourth-order valence-corrected chi connectivity index (χ4v) is 4.46. The molecule has 2 aliphatic rings. The predicted octanol–water partition coefficient (Wildman–Crippen LogP) is 3.16. The number of aryl methyl sites for hydroxylation is 1. The summed E-state index contributed by atoms with van der Waals surface area (Å²) in [5.74, 6) is 0. The Bertz CT molecular complexity index is 393. The van der Waals surface area contributed by atoms with Gasteiger partial charge in [0.25, 0.3) is 0 Å². The van der Waals surface area contributed by atoms with Crippen LogP contribution in [0.4, 0.5) is 0 Å². The van der Waals surface area contributed by atoms with Gasteiger partial charge in [-0.15, -0.1) is 11.3 Å². The van der Waals surface area contributed by atoms with Gasteiger partial charge in [0.15, 0.2) is 0 Å². The molecule has 0 atom stereocenters. The van der Waals surface area contributed by atoms with Gasteiger partial charge in [-0.05, 0) is 56.3 Å². The van der Waals surface area contributed by atoms with E-state index in [2.05, 4.69) is 28.6 Å². The summed E-state index contributed by atoms with van der Waals surface area (Å²) in [6, 6.07) is 2.25. The lowest BCUT2D eigenvalue weighted by molar-refractivity contribution is 0.204. The minimum Gasteiger partial charge on any atom is -0.310 e. The molecule has 1 aromatic heterocycles. The van der Waals surface area contributed by atoms with E-state index in [1.54, 1.807) is 4.88 Å². The van der Waals surface area contributed by atoms with E-state index in [0.717, 1.165) is 6.54 Å². The van der Waals surface area contributed by atoms with Gasteiger partial charge in [0.05, 0.1) is 0 Å². The number of thiophene rings is 1. The van der Waals surface area contributed by atoms with Gasteiger partial charge >= 0.3 is 0 Å². The van der Waals surface area contributed by atoms with Crippen LogP contribution < -0.4 is 5.32 Å². The van der Waals surface area contributed by atoms with Crippen LogP contribution in [0.25, 0.3) is 0 Å². The summed E-state index contributed by atoms with van der Waals surface area (Å²) in [6.07, 6.45) is 6.89. The highest BCUT2D eigenvalue weighted by molar-refractivity contribution is 7.10. The van der Waals surface area contributed by atoms with E-state index in [4.69, 9.17) is 0 Å². The molecule has 0 aromatic carbocycles. The Morgan fingerprint density at radius 3 is 2.89 bits per heavy atom. The molecule has 3 rings (SSSR count). The third-order valence-electron chi connectivity index (χ3n) is 4.57. The minimum absolute atomic E-state index is 0.446. The number of nitrogens with one attached hydrogen (secondary N) is 1. The maximum Gasteiger partial charge on any atom is 0.0331 e. The lowest BCUT2D eigenvalue weighted by Crippen LogP contribution is -2.49. The van der Waals surface area contributed by atoms with Gasteiger partial charge in [-0.1, -0.05) is 12.8 Å². The maximum absolute atomic E-state index is 3.84. The zero-order valence-corrected chi connectivity index (χ0v) is 12.2. The Balaban J connectivity index is 1.69. The fraction of sp³-hybridized carbons (Fsp3) is 0.733. The van der Waals surface area contributed by atoms with Gasteiger partial charge in [-0.3, -0.25) is 4.90 Å². The molecule has 2 heterocycles. The molecular weight excluding hydrogens is 240 g/mol. The van der Waals surface area contributed by atoms with Crippen molar-refractivity contribution in [2.24, 2.45) is 0 Å². The zero-order valence-electron chi connectivity index (χ0n) is 11.4. The molecule has 3 heteroatoms. The molecule has 0 unspecified atom stereocenters. The van der Waals surface area contributed by atoms with Gasteiger partial charge < -0.3 is 5.32 Å². The predicted molar refractivity (Wildman–Crippen MR) is 78.2 cm³/mol. The third-order valence-corrected chi connectivity index (χ3v) is 5.58. The average Bonchev–Trinajstić information content (AvgIpc) is 2.90. The molecule has 1 N–H and O–H groups in total. The van der Waals surface area contributed by atoms with Crippen molar-refractivity contribution in [3.05, 3.63) is 21.9 Å². The minimum atomic E-state index is 0.446. The Labute approximate surface area is 114 Å². The number of nitrogens with zero attached hydrogens (tertiary/aromatic N) is 1. The number of hydrogen-bond donors (Lipinski definition) is 1. The van der Waals surface area contributed by atoms with Crippen molar-refractivity contribution in [2.45, 2.75) is 51.1 Å². The second-order valence-corrected chi connectivity index (χ2v) is 7.01. The van der Waals surface area contributed by atoms with E-state index < -0.39 is 0 Å². The number of hydrogen-bond acceptors (Lipinski definition) is 3. The van der Waals surface area contributed by atoms with Crippen molar-refractivity contribution in [3.63, 3.8) is 0 Å². The molecule has 18 heavy (non-hydrogen) atoms. The molecule has 100 valence electrons. The normalized spacial score (nSPS) is 24.5. The molecule has 0 bridgehead atoms. The van der Waals surface area contributed by atoms with Crippen molar-refractivity contribution in [3.8, 4) is 0 Å². The van der Waals surface area contributed by atoms with Crippen LogP contribution in [0.3, 0.4) is 0 Å². The van der Waals surface area contributed by atoms with Crippen LogP contribution in [0, 0.1) is 6.92 Å². The van der Waals surface area contributed by atoms with Crippen molar-refractivity contribution >= 4 is 11.3 Å². The standard InChI is InChI=1S/C15H24N2S/c1-13-5-10-18-14(13)11-17-9-4-8-16-15(12-17)6-2-3-7-15/h5,10,16H,2-4,6-9,11-12H2,1H3. The monoisotopic (exact) mass is 264 g/mol. The lowest BCUT2D eigenvalue weighted by atomic mass is 9.97. The molecule has 2 fully saturated rings. The summed E-state index contributed by atoms with van der Waals surface area (Å²) in [4.78, 5) is 4.24. The maximum atomic E-state index is 3.84. The highest BCUT2D eigenvalue weighted by Crippen LogP contribution is 2.32. The highest BCUT2D eigenvalue weighted by Gasteiger charge is 2.36. The van der Waals surface area contributed by atoms with Crippen molar-refractivity contribution < 1.29 is 0 Å². The SMILES string of the molecule is Cc1ccsc1CN1CCCNC2(CCCC2)C1. The van der Waals surface area contributed by atoms with E-state index in [0.29, 0.717) is 5.54 Å². The first kappa shape index (κ1) is 12.6. The Kier molecular flexibility index (Phi) is 3.73. The van der Waals surface area contributed by atoms with Crippen LogP contribution in [0.15, 0.2) is 11.4 Å². The largest absolute Gasteiger partial charge is 0.310 e. The second kappa shape index (κ2) is 5.32. The molecule has 1 aliphatic carbocycles. The molecule has 1 aromatic rings. The lowest BCUT2D eigenvalue weighted by Gasteiger charge is -2.33. The van der Waals surface area contributed by atoms with Gasteiger partial charge in [-0.2, -0.15) is 0 Å². The van der Waals surface area contributed by atoms with Gasteiger partial charge in [-0.25, -0.2) is 0 Å². The van der Waals surface area contributed by atoms with E-state index in [1.165, 1.54) is 57.3 Å². The molecule has 0 radical (unpaired) electrons. The van der Waals surface area contributed by atoms with Crippen LogP contribution >= 0.6 is 11.3 Å². The summed E-state index contributed by atoms with van der Waals surface area (Å²) >= 11 is 1.92. The second-order valence-electron chi connectivity index (χ2n) is 6.01. The summed E-state index contributed by atoms with van der Waals surface area (Å²) in [7, 11) is 0. The Morgan fingerprint density at radius 2 is 2.17 bits per heavy atom. The van der Waals surface area contributed by atoms with Crippen LogP contribution in [0.1, 0.15) is 42.5 Å². The fourth-order valence-electron chi connectivity index (χ4n) is 3.51. The zero-order chi connectivity index (χ0) is 12.4. The van der Waals surface area contributed by atoms with Crippen LogP contribution in [-0.2, 0) is 6.54 Å².